The van der Waals surface area contributed by atoms with Crippen molar-refractivity contribution in [3.8, 4) is 5.75 Å². The van der Waals surface area contributed by atoms with E-state index < -0.39 is 14.7 Å². The SMILES string of the molecule is CCO[Si](CCCOc1ccc2cccc3c2c1C(=O)NC3=O)(OCC)OCC. The first-order valence-corrected chi connectivity index (χ1v) is 11.9. The summed E-state index contributed by atoms with van der Waals surface area (Å²) in [6.07, 6.45) is 0.659. The second kappa shape index (κ2) is 9.49. The van der Waals surface area contributed by atoms with Gasteiger partial charge in [0.1, 0.15) is 5.75 Å². The molecule has 0 bridgehead atoms. The molecule has 0 saturated heterocycles. The molecule has 2 amide bonds. The van der Waals surface area contributed by atoms with Crippen LogP contribution in [0.25, 0.3) is 10.8 Å². The van der Waals surface area contributed by atoms with Crippen LogP contribution in [0.15, 0.2) is 30.3 Å². The number of hydrogen-bond donors (Lipinski definition) is 1. The first-order chi connectivity index (χ1) is 14.0. The lowest BCUT2D eigenvalue weighted by Crippen LogP contribution is -2.46. The van der Waals surface area contributed by atoms with E-state index in [0.717, 1.165) is 5.39 Å². The third kappa shape index (κ3) is 4.50. The van der Waals surface area contributed by atoms with Gasteiger partial charge in [0, 0.05) is 36.8 Å². The van der Waals surface area contributed by atoms with E-state index in [-0.39, 0.29) is 5.91 Å². The zero-order valence-electron chi connectivity index (χ0n) is 17.1. The third-order valence-corrected chi connectivity index (χ3v) is 7.84. The van der Waals surface area contributed by atoms with Crippen molar-refractivity contribution in [3.63, 3.8) is 0 Å². The zero-order valence-corrected chi connectivity index (χ0v) is 18.1. The maximum atomic E-state index is 12.5. The minimum atomic E-state index is -2.72. The molecule has 0 aliphatic carbocycles. The highest BCUT2D eigenvalue weighted by Gasteiger charge is 2.39. The van der Waals surface area contributed by atoms with Crippen molar-refractivity contribution < 1.29 is 27.6 Å². The van der Waals surface area contributed by atoms with E-state index in [0.29, 0.717) is 61.2 Å². The highest BCUT2D eigenvalue weighted by Crippen LogP contribution is 2.33. The van der Waals surface area contributed by atoms with Crippen LogP contribution in [0.1, 0.15) is 47.9 Å². The van der Waals surface area contributed by atoms with Crippen LogP contribution in [0.5, 0.6) is 5.75 Å². The van der Waals surface area contributed by atoms with Crippen molar-refractivity contribution in [2.24, 2.45) is 0 Å². The molecular weight excluding hydrogens is 390 g/mol. The molecule has 2 aromatic carbocycles. The normalized spacial score (nSPS) is 13.6. The third-order valence-electron chi connectivity index (χ3n) is 4.68. The van der Waals surface area contributed by atoms with Gasteiger partial charge in [0.05, 0.1) is 12.2 Å². The van der Waals surface area contributed by atoms with E-state index in [1.54, 1.807) is 18.2 Å². The standard InChI is InChI=1S/C21H27NO6Si/c1-4-26-29(27-5-2,28-6-3)14-8-13-25-17-12-11-15-9-7-10-16-18(15)19(17)21(24)22-20(16)23/h7,9-12H,4-6,8,13-14H2,1-3H3,(H,22,23,24). The molecule has 7 nitrogen and oxygen atoms in total. The number of benzene rings is 2. The summed E-state index contributed by atoms with van der Waals surface area (Å²) in [4.78, 5) is 24.6. The number of carbonyl (C=O) groups is 2. The number of rotatable bonds is 11. The number of nitrogens with one attached hydrogen (secondary N) is 1. The molecule has 0 aromatic heterocycles. The number of imide groups is 1. The molecule has 0 fully saturated rings. The highest BCUT2D eigenvalue weighted by atomic mass is 28.4. The molecule has 0 atom stereocenters. The van der Waals surface area contributed by atoms with E-state index in [9.17, 15) is 9.59 Å². The fraction of sp³-hybridized carbons (Fsp3) is 0.429. The average molecular weight is 418 g/mol. The van der Waals surface area contributed by atoms with Gasteiger partial charge >= 0.3 is 8.80 Å². The molecular formula is C21H27NO6Si. The van der Waals surface area contributed by atoms with Crippen LogP contribution in [-0.2, 0) is 13.3 Å². The quantitative estimate of drug-likeness (QED) is 0.342. The smallest absolute Gasteiger partial charge is 0.493 e. The van der Waals surface area contributed by atoms with Gasteiger partial charge in [-0.2, -0.15) is 0 Å². The van der Waals surface area contributed by atoms with Crippen molar-refractivity contribution in [3.05, 3.63) is 41.5 Å². The van der Waals surface area contributed by atoms with E-state index in [1.165, 1.54) is 0 Å². The summed E-state index contributed by atoms with van der Waals surface area (Å²) < 4.78 is 23.5. The van der Waals surface area contributed by atoms with Crippen LogP contribution in [0.4, 0.5) is 0 Å². The summed E-state index contributed by atoms with van der Waals surface area (Å²) in [6.45, 7) is 7.73. The minimum absolute atomic E-state index is 0.379. The lowest BCUT2D eigenvalue weighted by Gasteiger charge is -2.28. The van der Waals surface area contributed by atoms with Crippen LogP contribution in [0.2, 0.25) is 6.04 Å². The van der Waals surface area contributed by atoms with Gasteiger partial charge < -0.3 is 18.0 Å². The summed E-state index contributed by atoms with van der Waals surface area (Å²) >= 11 is 0. The fourth-order valence-electron chi connectivity index (χ4n) is 3.60. The number of ether oxygens (including phenoxy) is 1. The Balaban J connectivity index is 1.76. The van der Waals surface area contributed by atoms with Crippen molar-refractivity contribution in [2.75, 3.05) is 26.4 Å². The van der Waals surface area contributed by atoms with Crippen LogP contribution in [-0.4, -0.2) is 47.0 Å². The van der Waals surface area contributed by atoms with Crippen LogP contribution < -0.4 is 10.1 Å². The Morgan fingerprint density at radius 3 is 2.24 bits per heavy atom. The topological polar surface area (TPSA) is 83.1 Å². The van der Waals surface area contributed by atoms with Gasteiger partial charge in [-0.15, -0.1) is 0 Å². The first-order valence-electron chi connectivity index (χ1n) is 10.0. The predicted molar refractivity (Wildman–Crippen MR) is 111 cm³/mol. The van der Waals surface area contributed by atoms with Crippen molar-refractivity contribution >= 4 is 31.4 Å². The Bertz CT molecular complexity index is 883. The van der Waals surface area contributed by atoms with E-state index in [1.807, 2.05) is 32.9 Å². The van der Waals surface area contributed by atoms with Crippen molar-refractivity contribution in [1.82, 2.24) is 5.32 Å². The molecule has 0 unspecified atom stereocenters. The lowest BCUT2D eigenvalue weighted by molar-refractivity contribution is 0.0694. The summed E-state index contributed by atoms with van der Waals surface area (Å²) in [5.41, 5.74) is 0.888. The molecule has 3 rings (SSSR count). The average Bonchev–Trinajstić information content (AvgIpc) is 2.70. The Labute approximate surface area is 171 Å². The second-order valence-corrected chi connectivity index (χ2v) is 9.29. The molecule has 1 heterocycles. The van der Waals surface area contributed by atoms with Gasteiger partial charge in [-0.05, 0) is 44.7 Å². The van der Waals surface area contributed by atoms with Gasteiger partial charge in [0.15, 0.2) is 0 Å². The van der Waals surface area contributed by atoms with Gasteiger partial charge in [-0.1, -0.05) is 18.2 Å². The van der Waals surface area contributed by atoms with E-state index in [2.05, 4.69) is 5.32 Å². The maximum Gasteiger partial charge on any atom is 0.501 e. The Morgan fingerprint density at radius 1 is 0.897 bits per heavy atom. The largest absolute Gasteiger partial charge is 0.501 e. The molecule has 156 valence electrons. The Hall–Kier alpha value is -2.26. The monoisotopic (exact) mass is 417 g/mol. The van der Waals surface area contributed by atoms with E-state index in [4.69, 9.17) is 18.0 Å². The maximum absolute atomic E-state index is 12.5. The summed E-state index contributed by atoms with van der Waals surface area (Å²) in [5, 5.41) is 3.87. The molecule has 8 heteroatoms. The van der Waals surface area contributed by atoms with E-state index >= 15 is 0 Å². The molecule has 29 heavy (non-hydrogen) atoms. The van der Waals surface area contributed by atoms with Gasteiger partial charge in [0.2, 0.25) is 0 Å². The minimum Gasteiger partial charge on any atom is -0.493 e. The molecule has 2 aromatic rings. The molecule has 0 spiro atoms. The Morgan fingerprint density at radius 2 is 1.59 bits per heavy atom. The summed E-state index contributed by atoms with van der Waals surface area (Å²) in [6, 6.07) is 9.66. The lowest BCUT2D eigenvalue weighted by atomic mass is 9.94. The van der Waals surface area contributed by atoms with Gasteiger partial charge in [0.25, 0.3) is 11.8 Å². The number of amides is 2. The molecule has 1 N–H and O–H groups in total. The number of hydrogen-bond acceptors (Lipinski definition) is 6. The predicted octanol–water partition coefficient (Wildman–Crippen LogP) is 3.54. The Kier molecular flexibility index (Phi) is 7.02. The van der Waals surface area contributed by atoms with Crippen LogP contribution in [0, 0.1) is 0 Å². The molecule has 1 aliphatic heterocycles. The van der Waals surface area contributed by atoms with Gasteiger partial charge in [-0.3, -0.25) is 14.9 Å². The second-order valence-electron chi connectivity index (χ2n) is 6.56. The highest BCUT2D eigenvalue weighted by molar-refractivity contribution is 6.60. The summed E-state index contributed by atoms with van der Waals surface area (Å²) in [7, 11) is -2.72. The van der Waals surface area contributed by atoms with Crippen molar-refractivity contribution in [2.45, 2.75) is 33.2 Å². The zero-order chi connectivity index (χ0) is 20.9. The molecule has 0 radical (unpaired) electrons. The molecule has 1 aliphatic rings. The molecule has 0 saturated carbocycles. The van der Waals surface area contributed by atoms with Crippen molar-refractivity contribution in [1.29, 1.82) is 0 Å². The summed E-state index contributed by atoms with van der Waals surface area (Å²) in [5.74, 6) is -0.353. The van der Waals surface area contributed by atoms with Crippen LogP contribution >= 0.6 is 0 Å². The van der Waals surface area contributed by atoms with Crippen LogP contribution in [0.3, 0.4) is 0 Å². The number of carbonyl (C=O) groups excluding carboxylic acids is 2. The van der Waals surface area contributed by atoms with Gasteiger partial charge in [-0.25, -0.2) is 0 Å². The fourth-order valence-corrected chi connectivity index (χ4v) is 6.18. The first kappa shape index (κ1) is 21.4.